The molecule has 0 bridgehead atoms. The normalized spacial score (nSPS) is 10.2. The predicted molar refractivity (Wildman–Crippen MR) is 73.8 cm³/mol. The molecule has 2 aromatic rings. The Bertz CT molecular complexity index is 608. The Morgan fingerprint density at radius 2 is 1.84 bits per heavy atom. The fourth-order valence-corrected chi connectivity index (χ4v) is 1.75. The number of phenols is 2. The lowest BCUT2D eigenvalue weighted by molar-refractivity contribution is 0.101. The molecule has 0 aliphatic heterocycles. The Kier molecular flexibility index (Phi) is 3.71. The van der Waals surface area contributed by atoms with Crippen LogP contribution in [0.5, 0.6) is 11.5 Å². The fourth-order valence-electron chi connectivity index (χ4n) is 1.75. The molecule has 0 saturated carbocycles. The van der Waals surface area contributed by atoms with E-state index in [0.717, 1.165) is 11.3 Å². The molecule has 2 aromatic carbocycles. The zero-order valence-electron chi connectivity index (χ0n) is 10.6. The average Bonchev–Trinajstić information content (AvgIpc) is 2.40. The third kappa shape index (κ3) is 3.04. The second kappa shape index (κ2) is 5.44. The smallest absolute Gasteiger partial charge is 0.181 e. The van der Waals surface area contributed by atoms with Crippen molar-refractivity contribution < 1.29 is 15.0 Å². The van der Waals surface area contributed by atoms with Gasteiger partial charge in [0.05, 0.1) is 6.54 Å². The first-order valence-corrected chi connectivity index (χ1v) is 5.92. The molecular weight excluding hydrogens is 242 g/mol. The van der Waals surface area contributed by atoms with Crippen molar-refractivity contribution in [1.29, 1.82) is 0 Å². The van der Waals surface area contributed by atoms with Gasteiger partial charge in [0.15, 0.2) is 17.3 Å². The molecule has 0 radical (unpaired) electrons. The van der Waals surface area contributed by atoms with E-state index in [-0.39, 0.29) is 23.8 Å². The number of ketones is 1. The number of benzene rings is 2. The summed E-state index contributed by atoms with van der Waals surface area (Å²) in [5, 5.41) is 21.6. The van der Waals surface area contributed by atoms with Crippen LogP contribution in [-0.2, 0) is 0 Å². The molecule has 0 atom stereocenters. The van der Waals surface area contributed by atoms with Crippen molar-refractivity contribution >= 4 is 11.5 Å². The summed E-state index contributed by atoms with van der Waals surface area (Å²) in [6.07, 6.45) is 0. The summed E-state index contributed by atoms with van der Waals surface area (Å²) >= 11 is 0. The number of rotatable bonds is 4. The predicted octanol–water partition coefficient (Wildman–Crippen LogP) is 2.70. The number of hydrogen-bond acceptors (Lipinski definition) is 4. The summed E-state index contributed by atoms with van der Waals surface area (Å²) in [6, 6.07) is 11.7. The topological polar surface area (TPSA) is 69.6 Å². The molecule has 4 nitrogen and oxygen atoms in total. The van der Waals surface area contributed by atoms with Crippen LogP contribution in [0.1, 0.15) is 15.9 Å². The third-order valence-electron chi connectivity index (χ3n) is 2.88. The molecular formula is C15H15NO3. The fraction of sp³-hybridized carbons (Fsp3) is 0.133. The second-order valence-corrected chi connectivity index (χ2v) is 4.30. The van der Waals surface area contributed by atoms with Crippen LogP contribution in [0.4, 0.5) is 5.69 Å². The first-order valence-electron chi connectivity index (χ1n) is 5.92. The third-order valence-corrected chi connectivity index (χ3v) is 2.88. The molecule has 0 heterocycles. The van der Waals surface area contributed by atoms with Crippen molar-refractivity contribution in [2.75, 3.05) is 11.9 Å². The lowest BCUT2D eigenvalue weighted by Gasteiger charge is -2.09. The highest BCUT2D eigenvalue weighted by Gasteiger charge is 2.09. The zero-order chi connectivity index (χ0) is 13.8. The number of phenolic OH excluding ortho intramolecular Hbond substituents is 2. The molecule has 0 spiro atoms. The van der Waals surface area contributed by atoms with Crippen LogP contribution >= 0.6 is 0 Å². The summed E-state index contributed by atoms with van der Waals surface area (Å²) in [5.41, 5.74) is 2.32. The summed E-state index contributed by atoms with van der Waals surface area (Å²) in [4.78, 5) is 11.9. The molecule has 2 rings (SSSR count). The molecule has 0 fully saturated rings. The quantitative estimate of drug-likeness (QED) is 0.582. The summed E-state index contributed by atoms with van der Waals surface area (Å²) in [5.74, 6) is -0.677. The van der Waals surface area contributed by atoms with Gasteiger partial charge in [0, 0.05) is 11.3 Å². The van der Waals surface area contributed by atoms with E-state index in [4.69, 9.17) is 0 Å². The maximum atomic E-state index is 11.9. The molecule has 0 amide bonds. The van der Waals surface area contributed by atoms with Gasteiger partial charge >= 0.3 is 0 Å². The van der Waals surface area contributed by atoms with Crippen LogP contribution < -0.4 is 5.32 Å². The van der Waals surface area contributed by atoms with E-state index in [0.29, 0.717) is 5.56 Å². The minimum absolute atomic E-state index is 0.134. The van der Waals surface area contributed by atoms with Gasteiger partial charge in [0.2, 0.25) is 0 Å². The largest absolute Gasteiger partial charge is 0.504 e. The minimum atomic E-state index is -0.290. The number of aryl methyl sites for hydroxylation is 1. The van der Waals surface area contributed by atoms with Crippen LogP contribution in [0, 0.1) is 6.92 Å². The molecule has 0 unspecified atom stereocenters. The van der Waals surface area contributed by atoms with Crippen LogP contribution in [0.3, 0.4) is 0 Å². The van der Waals surface area contributed by atoms with Crippen molar-refractivity contribution in [2.24, 2.45) is 0 Å². The molecule has 4 heteroatoms. The molecule has 3 N–H and O–H groups in total. The van der Waals surface area contributed by atoms with Gasteiger partial charge < -0.3 is 15.5 Å². The Labute approximate surface area is 111 Å². The summed E-state index contributed by atoms with van der Waals surface area (Å²) in [7, 11) is 0. The molecule has 0 aliphatic carbocycles. The van der Waals surface area contributed by atoms with Crippen LogP contribution in [0.25, 0.3) is 0 Å². The molecule has 98 valence electrons. The van der Waals surface area contributed by atoms with Gasteiger partial charge in [-0.3, -0.25) is 4.79 Å². The lowest BCUT2D eigenvalue weighted by atomic mass is 10.1. The highest BCUT2D eigenvalue weighted by molar-refractivity contribution is 5.99. The molecule has 0 saturated heterocycles. The van der Waals surface area contributed by atoms with Crippen molar-refractivity contribution in [3.63, 3.8) is 0 Å². The standard InChI is InChI=1S/C15H15NO3/c1-10-4-2-3-5-12(10)16-9-15(19)11-6-7-13(17)14(18)8-11/h2-8,16-18H,9H2,1H3. The van der Waals surface area contributed by atoms with E-state index < -0.39 is 0 Å². The first-order chi connectivity index (χ1) is 9.08. The van der Waals surface area contributed by atoms with Crippen molar-refractivity contribution in [3.8, 4) is 11.5 Å². The Hall–Kier alpha value is -2.49. The second-order valence-electron chi connectivity index (χ2n) is 4.30. The molecule has 19 heavy (non-hydrogen) atoms. The molecule has 0 aromatic heterocycles. The van der Waals surface area contributed by atoms with Gasteiger partial charge in [-0.2, -0.15) is 0 Å². The number of para-hydroxylation sites is 1. The number of aromatic hydroxyl groups is 2. The monoisotopic (exact) mass is 257 g/mol. The van der Waals surface area contributed by atoms with E-state index in [1.54, 1.807) is 0 Å². The van der Waals surface area contributed by atoms with E-state index >= 15 is 0 Å². The van der Waals surface area contributed by atoms with Gasteiger partial charge in [0.25, 0.3) is 0 Å². The van der Waals surface area contributed by atoms with Crippen LogP contribution in [0.2, 0.25) is 0 Å². The number of carbonyl (C=O) groups is 1. The van der Waals surface area contributed by atoms with Gasteiger partial charge in [-0.25, -0.2) is 0 Å². The highest BCUT2D eigenvalue weighted by Crippen LogP contribution is 2.25. The van der Waals surface area contributed by atoms with Gasteiger partial charge in [-0.05, 0) is 36.8 Å². The van der Waals surface area contributed by atoms with E-state index in [2.05, 4.69) is 5.32 Å². The van der Waals surface area contributed by atoms with Crippen molar-refractivity contribution in [1.82, 2.24) is 0 Å². The Morgan fingerprint density at radius 3 is 2.53 bits per heavy atom. The van der Waals surface area contributed by atoms with E-state index in [9.17, 15) is 15.0 Å². The zero-order valence-corrected chi connectivity index (χ0v) is 10.6. The molecule has 0 aliphatic rings. The summed E-state index contributed by atoms with van der Waals surface area (Å²) in [6.45, 7) is 2.09. The van der Waals surface area contributed by atoms with Gasteiger partial charge in [-0.15, -0.1) is 0 Å². The Balaban J connectivity index is 2.05. The van der Waals surface area contributed by atoms with Crippen LogP contribution in [-0.4, -0.2) is 22.5 Å². The maximum Gasteiger partial charge on any atom is 0.181 e. The number of carbonyl (C=O) groups excluding carboxylic acids is 1. The average molecular weight is 257 g/mol. The van der Waals surface area contributed by atoms with E-state index in [1.807, 2.05) is 31.2 Å². The van der Waals surface area contributed by atoms with E-state index in [1.165, 1.54) is 18.2 Å². The SMILES string of the molecule is Cc1ccccc1NCC(=O)c1ccc(O)c(O)c1. The highest BCUT2D eigenvalue weighted by atomic mass is 16.3. The number of nitrogens with one attached hydrogen (secondary N) is 1. The minimum Gasteiger partial charge on any atom is -0.504 e. The number of anilines is 1. The number of Topliss-reactive ketones (excluding diaryl/α,β-unsaturated/α-hetero) is 1. The van der Waals surface area contributed by atoms with Crippen LogP contribution in [0.15, 0.2) is 42.5 Å². The van der Waals surface area contributed by atoms with Crippen molar-refractivity contribution in [2.45, 2.75) is 6.92 Å². The van der Waals surface area contributed by atoms with Gasteiger partial charge in [-0.1, -0.05) is 18.2 Å². The summed E-state index contributed by atoms with van der Waals surface area (Å²) < 4.78 is 0. The maximum absolute atomic E-state index is 11.9. The number of hydrogen-bond donors (Lipinski definition) is 3. The Morgan fingerprint density at radius 1 is 1.11 bits per heavy atom. The van der Waals surface area contributed by atoms with Crippen molar-refractivity contribution in [3.05, 3.63) is 53.6 Å². The lowest BCUT2D eigenvalue weighted by Crippen LogP contribution is -2.14. The first kappa shape index (κ1) is 13.0. The van der Waals surface area contributed by atoms with Gasteiger partial charge in [0.1, 0.15) is 0 Å².